The summed E-state index contributed by atoms with van der Waals surface area (Å²) in [5.41, 5.74) is 1.18. The summed E-state index contributed by atoms with van der Waals surface area (Å²) in [6.45, 7) is 6.46. The van der Waals surface area contributed by atoms with E-state index >= 15 is 0 Å². The first-order chi connectivity index (χ1) is 9.16. The largest absolute Gasteiger partial charge is 0.316 e. The zero-order chi connectivity index (χ0) is 13.7. The Balaban J connectivity index is 1.94. The summed E-state index contributed by atoms with van der Waals surface area (Å²) >= 11 is 4.03. The number of aromatic nitrogens is 2. The van der Waals surface area contributed by atoms with E-state index in [0.717, 1.165) is 29.5 Å². The predicted molar refractivity (Wildman–Crippen MR) is 89.5 cm³/mol. The Bertz CT molecular complexity index is 525. The van der Waals surface area contributed by atoms with Gasteiger partial charge in [0.05, 0.1) is 0 Å². The molecule has 5 heteroatoms. The van der Waals surface area contributed by atoms with Crippen LogP contribution in [0, 0.1) is 9.49 Å². The number of halogens is 1. The van der Waals surface area contributed by atoms with Crippen molar-refractivity contribution in [2.45, 2.75) is 20.3 Å². The third-order valence-corrected chi connectivity index (χ3v) is 4.60. The lowest BCUT2D eigenvalue weighted by molar-refractivity contribution is 0.553. The second-order valence-corrected chi connectivity index (χ2v) is 7.05. The van der Waals surface area contributed by atoms with Gasteiger partial charge in [0.15, 0.2) is 0 Å². The third-order valence-electron chi connectivity index (χ3n) is 2.64. The number of benzene rings is 1. The number of rotatable bonds is 6. The summed E-state index contributed by atoms with van der Waals surface area (Å²) in [5, 5.41) is 14.1. The summed E-state index contributed by atoms with van der Waals surface area (Å²) in [7, 11) is 0. The fraction of sp³-hybridized carbons (Fsp3) is 0.429. The van der Waals surface area contributed by atoms with Crippen molar-refractivity contribution in [1.29, 1.82) is 0 Å². The molecule has 0 amide bonds. The van der Waals surface area contributed by atoms with Gasteiger partial charge in [0.25, 0.3) is 0 Å². The summed E-state index contributed by atoms with van der Waals surface area (Å²) in [4.78, 5) is 0. The molecule has 0 aliphatic carbocycles. The van der Waals surface area contributed by atoms with E-state index in [2.05, 4.69) is 64.1 Å². The number of hydrogen-bond acceptors (Lipinski definition) is 4. The SMILES string of the molecule is CC(C)CNCCc1nnc(-c2ccccc2I)s1. The van der Waals surface area contributed by atoms with Crippen molar-refractivity contribution in [1.82, 2.24) is 15.5 Å². The molecule has 0 fully saturated rings. The topological polar surface area (TPSA) is 37.8 Å². The quantitative estimate of drug-likeness (QED) is 0.608. The monoisotopic (exact) mass is 387 g/mol. The highest BCUT2D eigenvalue weighted by atomic mass is 127. The van der Waals surface area contributed by atoms with Crippen molar-refractivity contribution in [3.8, 4) is 10.6 Å². The minimum Gasteiger partial charge on any atom is -0.316 e. The van der Waals surface area contributed by atoms with Crippen LogP contribution in [-0.2, 0) is 6.42 Å². The van der Waals surface area contributed by atoms with Gasteiger partial charge in [-0.1, -0.05) is 43.4 Å². The van der Waals surface area contributed by atoms with Gasteiger partial charge in [-0.25, -0.2) is 0 Å². The normalized spacial score (nSPS) is 11.2. The van der Waals surface area contributed by atoms with E-state index in [1.165, 1.54) is 9.13 Å². The van der Waals surface area contributed by atoms with E-state index in [0.29, 0.717) is 5.92 Å². The van der Waals surface area contributed by atoms with E-state index in [-0.39, 0.29) is 0 Å². The molecule has 0 aliphatic heterocycles. The second-order valence-electron chi connectivity index (χ2n) is 4.83. The van der Waals surface area contributed by atoms with Gasteiger partial charge in [0.2, 0.25) is 0 Å². The van der Waals surface area contributed by atoms with Crippen molar-refractivity contribution in [3.05, 3.63) is 32.8 Å². The van der Waals surface area contributed by atoms with Crippen molar-refractivity contribution < 1.29 is 0 Å². The molecule has 0 saturated carbocycles. The summed E-state index contributed by atoms with van der Waals surface area (Å²) in [5.74, 6) is 0.691. The van der Waals surface area contributed by atoms with Crippen LogP contribution < -0.4 is 5.32 Å². The van der Waals surface area contributed by atoms with E-state index in [9.17, 15) is 0 Å². The Morgan fingerprint density at radius 3 is 2.79 bits per heavy atom. The molecule has 0 radical (unpaired) electrons. The molecule has 0 atom stereocenters. The zero-order valence-corrected chi connectivity index (χ0v) is 14.2. The zero-order valence-electron chi connectivity index (χ0n) is 11.2. The molecule has 2 aromatic rings. The van der Waals surface area contributed by atoms with E-state index in [1.807, 2.05) is 12.1 Å². The van der Waals surface area contributed by atoms with Crippen LogP contribution in [0.25, 0.3) is 10.6 Å². The molecule has 2 rings (SSSR count). The summed E-state index contributed by atoms with van der Waals surface area (Å²) in [6, 6.07) is 8.29. The average molecular weight is 387 g/mol. The first-order valence-electron chi connectivity index (χ1n) is 6.45. The average Bonchev–Trinajstić information content (AvgIpc) is 2.83. The van der Waals surface area contributed by atoms with Gasteiger partial charge in [-0.05, 0) is 41.1 Å². The highest BCUT2D eigenvalue weighted by Gasteiger charge is 2.09. The minimum atomic E-state index is 0.691. The third kappa shape index (κ3) is 4.50. The Kier molecular flexibility index (Phi) is 5.72. The van der Waals surface area contributed by atoms with Crippen LogP contribution >= 0.6 is 33.9 Å². The Morgan fingerprint density at radius 2 is 2.05 bits per heavy atom. The Hall–Kier alpha value is -0.530. The lowest BCUT2D eigenvalue weighted by Crippen LogP contribution is -2.22. The minimum absolute atomic E-state index is 0.691. The van der Waals surface area contributed by atoms with E-state index in [1.54, 1.807) is 11.3 Å². The molecule has 1 N–H and O–H groups in total. The van der Waals surface area contributed by atoms with Gasteiger partial charge >= 0.3 is 0 Å². The number of hydrogen-bond donors (Lipinski definition) is 1. The molecule has 0 spiro atoms. The molecule has 1 aromatic carbocycles. The summed E-state index contributed by atoms with van der Waals surface area (Å²) < 4.78 is 1.22. The predicted octanol–water partition coefficient (Wildman–Crippen LogP) is 3.60. The van der Waals surface area contributed by atoms with Gasteiger partial charge in [-0.2, -0.15) is 0 Å². The lowest BCUT2D eigenvalue weighted by atomic mass is 10.2. The van der Waals surface area contributed by atoms with Gasteiger partial charge in [-0.3, -0.25) is 0 Å². The van der Waals surface area contributed by atoms with Crippen molar-refractivity contribution >= 4 is 33.9 Å². The van der Waals surface area contributed by atoms with Crippen molar-refractivity contribution in [3.63, 3.8) is 0 Å². The molecular weight excluding hydrogens is 369 g/mol. The van der Waals surface area contributed by atoms with Gasteiger partial charge in [0, 0.05) is 22.1 Å². The van der Waals surface area contributed by atoms with Crippen LogP contribution in [0.1, 0.15) is 18.9 Å². The molecule has 0 bridgehead atoms. The van der Waals surface area contributed by atoms with Crippen LogP contribution in [0.5, 0.6) is 0 Å². The van der Waals surface area contributed by atoms with E-state index in [4.69, 9.17) is 0 Å². The molecule has 0 aliphatic rings. The maximum absolute atomic E-state index is 4.30. The van der Waals surface area contributed by atoms with Gasteiger partial charge < -0.3 is 5.32 Å². The smallest absolute Gasteiger partial charge is 0.148 e. The molecule has 1 heterocycles. The van der Waals surface area contributed by atoms with Crippen LogP contribution in [0.2, 0.25) is 0 Å². The molecule has 0 unspecified atom stereocenters. The van der Waals surface area contributed by atoms with Crippen LogP contribution in [0.3, 0.4) is 0 Å². The van der Waals surface area contributed by atoms with Gasteiger partial charge in [0.1, 0.15) is 10.0 Å². The highest BCUT2D eigenvalue weighted by Crippen LogP contribution is 2.27. The lowest BCUT2D eigenvalue weighted by Gasteiger charge is -2.05. The Morgan fingerprint density at radius 1 is 1.26 bits per heavy atom. The standard InChI is InChI=1S/C14H18IN3S/c1-10(2)9-16-8-7-13-17-18-14(19-13)11-5-3-4-6-12(11)15/h3-6,10,16H,7-9H2,1-2H3. The maximum atomic E-state index is 4.30. The highest BCUT2D eigenvalue weighted by molar-refractivity contribution is 14.1. The molecule has 0 saturated heterocycles. The van der Waals surface area contributed by atoms with Crippen molar-refractivity contribution in [2.75, 3.05) is 13.1 Å². The molecule has 3 nitrogen and oxygen atoms in total. The first-order valence-corrected chi connectivity index (χ1v) is 8.34. The van der Waals surface area contributed by atoms with Crippen LogP contribution in [0.4, 0.5) is 0 Å². The molecule has 19 heavy (non-hydrogen) atoms. The van der Waals surface area contributed by atoms with Crippen LogP contribution in [-0.4, -0.2) is 23.3 Å². The molecule has 1 aromatic heterocycles. The second kappa shape index (κ2) is 7.31. The fourth-order valence-electron chi connectivity index (χ4n) is 1.68. The number of nitrogens with zero attached hydrogens (tertiary/aromatic N) is 2. The maximum Gasteiger partial charge on any atom is 0.148 e. The summed E-state index contributed by atoms with van der Waals surface area (Å²) in [6.07, 6.45) is 0.952. The van der Waals surface area contributed by atoms with Crippen LogP contribution in [0.15, 0.2) is 24.3 Å². The Labute approximate surface area is 132 Å². The fourth-order valence-corrected chi connectivity index (χ4v) is 3.39. The number of nitrogens with one attached hydrogen (secondary N) is 1. The first kappa shape index (κ1) is 14.9. The van der Waals surface area contributed by atoms with Crippen molar-refractivity contribution in [2.24, 2.45) is 5.92 Å². The van der Waals surface area contributed by atoms with Gasteiger partial charge in [-0.15, -0.1) is 10.2 Å². The van der Waals surface area contributed by atoms with E-state index < -0.39 is 0 Å². The molecular formula is C14H18IN3S. The molecule has 102 valence electrons.